The molecular weight excluding hydrogens is 266 g/mol. The normalized spacial score (nSPS) is 12.1. The first-order valence-corrected chi connectivity index (χ1v) is 8.00. The van der Waals surface area contributed by atoms with E-state index in [0.29, 0.717) is 0 Å². The summed E-state index contributed by atoms with van der Waals surface area (Å²) in [7, 11) is 0. The average molecular weight is 295 g/mol. The maximum atomic E-state index is 9.32. The van der Waals surface area contributed by atoms with Crippen LogP contribution in [0, 0.1) is 0 Å². The molecule has 1 atom stereocenters. The van der Waals surface area contributed by atoms with Crippen molar-refractivity contribution in [2.45, 2.75) is 51.6 Å². The monoisotopic (exact) mass is 295 g/mol. The fourth-order valence-corrected chi connectivity index (χ4v) is 1.96. The van der Waals surface area contributed by atoms with E-state index >= 15 is 0 Å². The Bertz CT molecular complexity index is 354. The number of ether oxygens (including phenoxy) is 2. The average Bonchev–Trinajstić information content (AvgIpc) is 2.52. The molecule has 1 rings (SSSR count). The first-order valence-electron chi connectivity index (χ1n) is 8.00. The first kappa shape index (κ1) is 17.8. The molecule has 0 fully saturated rings. The molecule has 0 saturated carbocycles. The summed E-state index contributed by atoms with van der Waals surface area (Å²) >= 11 is 0. The Balaban J connectivity index is 2.13. The van der Waals surface area contributed by atoms with Gasteiger partial charge in [-0.1, -0.05) is 39.0 Å². The van der Waals surface area contributed by atoms with Crippen molar-refractivity contribution >= 4 is 0 Å². The van der Waals surface area contributed by atoms with Crippen LogP contribution in [-0.2, 0) is 0 Å². The summed E-state index contributed by atoms with van der Waals surface area (Å²) in [4.78, 5) is 0. The molecule has 0 bridgehead atoms. The van der Waals surface area contributed by atoms with E-state index in [1.807, 2.05) is 24.3 Å². The fourth-order valence-electron chi connectivity index (χ4n) is 1.96. The van der Waals surface area contributed by atoms with Crippen molar-refractivity contribution in [3.8, 4) is 11.5 Å². The number of rotatable bonds is 12. The number of benzene rings is 1. The third kappa shape index (κ3) is 8.58. The van der Waals surface area contributed by atoms with Crippen molar-refractivity contribution in [3.05, 3.63) is 24.3 Å². The zero-order valence-electron chi connectivity index (χ0n) is 13.1. The summed E-state index contributed by atoms with van der Waals surface area (Å²) in [5.74, 6) is 1.57. The minimum Gasteiger partial charge on any atom is -0.494 e. The summed E-state index contributed by atoms with van der Waals surface area (Å²) in [6, 6.07) is 7.47. The van der Waals surface area contributed by atoms with E-state index in [0.717, 1.165) is 24.5 Å². The second kappa shape index (κ2) is 11.4. The molecule has 1 aromatic carbocycles. The Morgan fingerprint density at radius 2 is 1.52 bits per heavy atom. The van der Waals surface area contributed by atoms with Crippen LogP contribution < -0.4 is 15.2 Å². The largest absolute Gasteiger partial charge is 0.494 e. The maximum Gasteiger partial charge on any atom is 0.119 e. The van der Waals surface area contributed by atoms with E-state index in [4.69, 9.17) is 15.2 Å². The van der Waals surface area contributed by atoms with Gasteiger partial charge in [-0.05, 0) is 30.7 Å². The summed E-state index contributed by atoms with van der Waals surface area (Å²) in [6.07, 6.45) is 6.97. The molecule has 4 nitrogen and oxygen atoms in total. The second-order valence-electron chi connectivity index (χ2n) is 5.29. The third-order valence-electron chi connectivity index (χ3n) is 3.30. The molecule has 3 N–H and O–H groups in total. The Hall–Kier alpha value is -1.26. The van der Waals surface area contributed by atoms with E-state index in [1.165, 1.54) is 32.1 Å². The Morgan fingerprint density at radius 3 is 2.14 bits per heavy atom. The molecule has 21 heavy (non-hydrogen) atoms. The molecule has 0 heterocycles. The molecule has 0 amide bonds. The molecule has 1 aromatic rings. The van der Waals surface area contributed by atoms with Gasteiger partial charge in [0.2, 0.25) is 0 Å². The number of hydrogen-bond acceptors (Lipinski definition) is 4. The fraction of sp³-hybridized carbons (Fsp3) is 0.647. The lowest BCUT2D eigenvalue weighted by atomic mass is 10.1. The number of aliphatic hydroxyl groups excluding tert-OH is 1. The van der Waals surface area contributed by atoms with Crippen molar-refractivity contribution in [2.75, 3.05) is 19.8 Å². The van der Waals surface area contributed by atoms with Crippen LogP contribution >= 0.6 is 0 Å². The lowest BCUT2D eigenvalue weighted by Crippen LogP contribution is -2.26. The molecule has 120 valence electrons. The highest BCUT2D eigenvalue weighted by molar-refractivity contribution is 5.31. The van der Waals surface area contributed by atoms with Gasteiger partial charge in [-0.3, -0.25) is 0 Å². The van der Waals surface area contributed by atoms with E-state index in [2.05, 4.69) is 6.92 Å². The van der Waals surface area contributed by atoms with Gasteiger partial charge in [-0.25, -0.2) is 0 Å². The molecule has 4 heteroatoms. The van der Waals surface area contributed by atoms with Crippen molar-refractivity contribution < 1.29 is 14.6 Å². The van der Waals surface area contributed by atoms with Crippen LogP contribution in [0.2, 0.25) is 0 Å². The van der Waals surface area contributed by atoms with Crippen LogP contribution in [-0.4, -0.2) is 31.0 Å². The van der Waals surface area contributed by atoms with Gasteiger partial charge in [-0.15, -0.1) is 0 Å². The Morgan fingerprint density at radius 1 is 0.952 bits per heavy atom. The molecule has 0 aromatic heterocycles. The SMILES string of the molecule is CCCCCCCCOc1ccc(OCC(O)CN)cc1. The van der Waals surface area contributed by atoms with Gasteiger partial charge in [0.25, 0.3) is 0 Å². The number of nitrogens with two attached hydrogens (primary N) is 1. The van der Waals surface area contributed by atoms with Crippen molar-refractivity contribution in [1.82, 2.24) is 0 Å². The summed E-state index contributed by atoms with van der Waals surface area (Å²) < 4.78 is 11.1. The number of unbranched alkanes of at least 4 members (excludes halogenated alkanes) is 5. The second-order valence-corrected chi connectivity index (χ2v) is 5.29. The predicted molar refractivity (Wildman–Crippen MR) is 85.9 cm³/mol. The van der Waals surface area contributed by atoms with Gasteiger partial charge < -0.3 is 20.3 Å². The van der Waals surface area contributed by atoms with Gasteiger partial charge in [0, 0.05) is 6.54 Å². The van der Waals surface area contributed by atoms with Gasteiger partial charge in [-0.2, -0.15) is 0 Å². The van der Waals surface area contributed by atoms with E-state index in [-0.39, 0.29) is 13.2 Å². The molecule has 0 aliphatic carbocycles. The number of aliphatic hydroxyl groups is 1. The van der Waals surface area contributed by atoms with Gasteiger partial charge >= 0.3 is 0 Å². The molecular formula is C17H29NO3. The van der Waals surface area contributed by atoms with Crippen molar-refractivity contribution in [3.63, 3.8) is 0 Å². The summed E-state index contributed by atoms with van der Waals surface area (Å²) in [5, 5.41) is 9.32. The number of hydrogen-bond donors (Lipinski definition) is 2. The molecule has 1 unspecified atom stereocenters. The minimum absolute atomic E-state index is 0.208. The van der Waals surface area contributed by atoms with E-state index < -0.39 is 6.10 Å². The quantitative estimate of drug-likeness (QED) is 0.581. The highest BCUT2D eigenvalue weighted by Gasteiger charge is 2.02. The van der Waals surface area contributed by atoms with Crippen LogP contribution in [0.15, 0.2) is 24.3 Å². The molecule has 0 radical (unpaired) electrons. The molecule has 0 saturated heterocycles. The van der Waals surface area contributed by atoms with Crippen LogP contribution in [0.25, 0.3) is 0 Å². The standard InChI is InChI=1S/C17H29NO3/c1-2-3-4-5-6-7-12-20-16-8-10-17(11-9-16)21-14-15(19)13-18/h8-11,15,19H,2-7,12-14,18H2,1H3. The lowest BCUT2D eigenvalue weighted by molar-refractivity contribution is 0.114. The Kier molecular flexibility index (Phi) is 9.66. The smallest absolute Gasteiger partial charge is 0.119 e. The topological polar surface area (TPSA) is 64.7 Å². The lowest BCUT2D eigenvalue weighted by Gasteiger charge is -2.11. The predicted octanol–water partition coefficient (Wildman–Crippen LogP) is 3.12. The third-order valence-corrected chi connectivity index (χ3v) is 3.30. The maximum absolute atomic E-state index is 9.32. The minimum atomic E-state index is -0.617. The van der Waals surface area contributed by atoms with Crippen LogP contribution in [0.4, 0.5) is 0 Å². The van der Waals surface area contributed by atoms with Gasteiger partial charge in [0.15, 0.2) is 0 Å². The summed E-state index contributed by atoms with van der Waals surface area (Å²) in [6.45, 7) is 3.42. The van der Waals surface area contributed by atoms with Crippen molar-refractivity contribution in [1.29, 1.82) is 0 Å². The highest BCUT2D eigenvalue weighted by atomic mass is 16.5. The summed E-state index contributed by atoms with van der Waals surface area (Å²) in [5.41, 5.74) is 5.32. The van der Waals surface area contributed by atoms with E-state index in [9.17, 15) is 5.11 Å². The van der Waals surface area contributed by atoms with Gasteiger partial charge in [0.1, 0.15) is 24.2 Å². The van der Waals surface area contributed by atoms with E-state index in [1.54, 1.807) is 0 Å². The molecule has 0 aliphatic heterocycles. The highest BCUT2D eigenvalue weighted by Crippen LogP contribution is 2.18. The van der Waals surface area contributed by atoms with Crippen LogP contribution in [0.1, 0.15) is 45.4 Å². The zero-order valence-corrected chi connectivity index (χ0v) is 13.1. The molecule has 0 spiro atoms. The zero-order chi connectivity index (χ0) is 15.3. The van der Waals surface area contributed by atoms with Crippen LogP contribution in [0.3, 0.4) is 0 Å². The van der Waals surface area contributed by atoms with Gasteiger partial charge in [0.05, 0.1) is 6.61 Å². The van der Waals surface area contributed by atoms with Crippen LogP contribution in [0.5, 0.6) is 11.5 Å². The first-order chi connectivity index (χ1) is 10.3. The molecule has 0 aliphatic rings. The Labute approximate surface area is 128 Å². The van der Waals surface area contributed by atoms with Crippen molar-refractivity contribution in [2.24, 2.45) is 5.73 Å².